The Labute approximate surface area is 234 Å². The van der Waals surface area contributed by atoms with E-state index < -0.39 is 72.9 Å². The SMILES string of the molecule is CNC1C(O)C(OCC2(O)CC(N=C(N)C(C)O)CC(N)C2OC2OC(CNCCF)CCC2N)OCC1(C)O. The van der Waals surface area contributed by atoms with Crippen LogP contribution in [0.1, 0.15) is 39.5 Å². The van der Waals surface area contributed by atoms with Gasteiger partial charge in [-0.1, -0.05) is 0 Å². The van der Waals surface area contributed by atoms with Gasteiger partial charge in [-0.2, -0.15) is 0 Å². The highest BCUT2D eigenvalue weighted by Crippen LogP contribution is 2.36. The van der Waals surface area contributed by atoms with Crippen LogP contribution in [0.3, 0.4) is 0 Å². The molecular weight excluding hydrogens is 531 g/mol. The Balaban J connectivity index is 1.78. The maximum absolute atomic E-state index is 12.5. The fraction of sp³-hybridized carbons (Fsp3) is 0.960. The number of likely N-dealkylation sites (N-methyl/N-ethyl adjacent to an activating group) is 1. The Morgan fingerprint density at radius 1 is 1.23 bits per heavy atom. The van der Waals surface area contributed by atoms with Crippen LogP contribution in [0.25, 0.3) is 0 Å². The van der Waals surface area contributed by atoms with E-state index in [4.69, 9.17) is 36.1 Å². The van der Waals surface area contributed by atoms with Crippen molar-refractivity contribution in [3.8, 4) is 0 Å². The van der Waals surface area contributed by atoms with Crippen molar-refractivity contribution in [2.75, 3.05) is 40.0 Å². The number of amidine groups is 1. The normalized spacial score (nSPS) is 44.0. The summed E-state index contributed by atoms with van der Waals surface area (Å²) in [5.41, 5.74) is 15.6. The standard InChI is InChI=1S/C25H49FN6O8/c1-13(33)21(29)32-14-8-17(28)20(40-22-16(27)5-4-15(39-22)10-31-7-6-26)25(36,9-14)12-38-23-18(34)19(30-3)24(2,35)11-37-23/h13-20,22-23,30-31,33-36H,4-12,27-28H2,1-3H3,(H2,29,32). The van der Waals surface area contributed by atoms with Gasteiger partial charge in [-0.15, -0.1) is 0 Å². The van der Waals surface area contributed by atoms with Crippen molar-refractivity contribution in [2.45, 2.75) is 112 Å². The number of aliphatic imine (C=N–C) groups is 1. The van der Waals surface area contributed by atoms with Crippen molar-refractivity contribution in [2.24, 2.45) is 22.2 Å². The first-order valence-electron chi connectivity index (χ1n) is 13.9. The number of aliphatic hydroxyl groups is 4. The summed E-state index contributed by atoms with van der Waals surface area (Å²) < 4.78 is 36.3. The largest absolute Gasteiger partial charge is 0.386 e. The predicted molar refractivity (Wildman–Crippen MR) is 144 cm³/mol. The number of hydrogen-bond acceptors (Lipinski definition) is 13. The molecule has 3 rings (SSSR count). The minimum atomic E-state index is -1.74. The highest BCUT2D eigenvalue weighted by Gasteiger charge is 2.52. The number of halogens is 1. The van der Waals surface area contributed by atoms with Crippen LogP contribution in [0.15, 0.2) is 4.99 Å². The van der Waals surface area contributed by atoms with Gasteiger partial charge in [0.2, 0.25) is 0 Å². The molecule has 234 valence electrons. The van der Waals surface area contributed by atoms with Gasteiger partial charge in [-0.05, 0) is 40.2 Å². The molecule has 12 N–H and O–H groups in total. The van der Waals surface area contributed by atoms with E-state index in [1.807, 2.05) is 0 Å². The third kappa shape index (κ3) is 8.26. The van der Waals surface area contributed by atoms with Crippen LogP contribution >= 0.6 is 0 Å². The van der Waals surface area contributed by atoms with Crippen LogP contribution in [0.4, 0.5) is 4.39 Å². The summed E-state index contributed by atoms with van der Waals surface area (Å²) in [7, 11) is 1.60. The predicted octanol–water partition coefficient (Wildman–Crippen LogP) is -3.21. The zero-order chi connectivity index (χ0) is 29.7. The minimum absolute atomic E-state index is 0.00576. The van der Waals surface area contributed by atoms with Gasteiger partial charge in [0.1, 0.15) is 42.0 Å². The van der Waals surface area contributed by atoms with E-state index in [0.717, 1.165) is 0 Å². The molecule has 40 heavy (non-hydrogen) atoms. The average molecular weight is 581 g/mol. The second-order valence-corrected chi connectivity index (χ2v) is 11.5. The number of aliphatic hydroxyl groups excluding tert-OH is 2. The van der Waals surface area contributed by atoms with Crippen molar-refractivity contribution in [1.29, 1.82) is 0 Å². The Kier molecular flexibility index (Phi) is 12.0. The molecule has 0 amide bonds. The summed E-state index contributed by atoms with van der Waals surface area (Å²) in [5, 5.41) is 49.0. The zero-order valence-corrected chi connectivity index (χ0v) is 23.6. The number of rotatable bonds is 12. The smallest absolute Gasteiger partial charge is 0.185 e. The molecule has 15 heteroatoms. The summed E-state index contributed by atoms with van der Waals surface area (Å²) in [6.45, 7) is 2.67. The van der Waals surface area contributed by atoms with Crippen molar-refractivity contribution >= 4 is 5.84 Å². The lowest BCUT2D eigenvalue weighted by atomic mass is 9.77. The van der Waals surface area contributed by atoms with Crippen LogP contribution < -0.4 is 27.8 Å². The van der Waals surface area contributed by atoms with Crippen molar-refractivity contribution in [3.05, 3.63) is 0 Å². The Hall–Kier alpha value is -1.08. The van der Waals surface area contributed by atoms with Gasteiger partial charge in [0.15, 0.2) is 12.6 Å². The topological polar surface area (TPSA) is 232 Å². The quantitative estimate of drug-likeness (QED) is 0.0629. The minimum Gasteiger partial charge on any atom is -0.386 e. The molecule has 3 aliphatic rings. The van der Waals surface area contributed by atoms with Crippen LogP contribution in [0, 0.1) is 0 Å². The van der Waals surface area contributed by atoms with Crippen LogP contribution in [-0.4, -0.2) is 139 Å². The molecule has 0 bridgehead atoms. The first-order chi connectivity index (χ1) is 18.8. The van der Waals surface area contributed by atoms with Gasteiger partial charge in [0, 0.05) is 25.6 Å². The van der Waals surface area contributed by atoms with E-state index in [9.17, 15) is 24.8 Å². The van der Waals surface area contributed by atoms with Gasteiger partial charge in [-0.3, -0.25) is 4.99 Å². The lowest BCUT2D eigenvalue weighted by molar-refractivity contribution is -0.301. The third-order valence-electron chi connectivity index (χ3n) is 7.87. The Morgan fingerprint density at radius 3 is 2.60 bits per heavy atom. The second-order valence-electron chi connectivity index (χ2n) is 11.5. The molecule has 0 radical (unpaired) electrons. The summed E-state index contributed by atoms with van der Waals surface area (Å²) in [4.78, 5) is 4.36. The monoisotopic (exact) mass is 580 g/mol. The molecule has 1 saturated carbocycles. The molecule has 2 saturated heterocycles. The maximum Gasteiger partial charge on any atom is 0.185 e. The highest BCUT2D eigenvalue weighted by molar-refractivity contribution is 5.84. The molecule has 12 atom stereocenters. The molecule has 1 aliphatic carbocycles. The number of hydrogen-bond donors (Lipinski definition) is 9. The average Bonchev–Trinajstić information content (AvgIpc) is 2.87. The molecule has 0 aromatic rings. The lowest BCUT2D eigenvalue weighted by Gasteiger charge is -2.49. The molecule has 0 aromatic heterocycles. The second kappa shape index (κ2) is 14.4. The van der Waals surface area contributed by atoms with E-state index in [1.54, 1.807) is 7.05 Å². The Morgan fingerprint density at radius 2 is 1.95 bits per heavy atom. The molecule has 3 fully saturated rings. The Bertz CT molecular complexity index is 828. The molecule has 14 nitrogen and oxygen atoms in total. The highest BCUT2D eigenvalue weighted by atomic mass is 19.1. The summed E-state index contributed by atoms with van der Waals surface area (Å²) in [5.74, 6) is 0.00576. The molecule has 2 heterocycles. The number of nitrogens with two attached hydrogens (primary N) is 3. The van der Waals surface area contributed by atoms with Crippen LogP contribution in [0.5, 0.6) is 0 Å². The van der Waals surface area contributed by atoms with Gasteiger partial charge < -0.3 is 67.2 Å². The number of nitrogens with zero attached hydrogens (tertiary/aromatic N) is 1. The van der Waals surface area contributed by atoms with Gasteiger partial charge in [0.05, 0.1) is 37.4 Å². The lowest BCUT2D eigenvalue weighted by Crippen LogP contribution is -2.67. The summed E-state index contributed by atoms with van der Waals surface area (Å²) in [6, 6.07) is -2.54. The molecule has 12 unspecified atom stereocenters. The van der Waals surface area contributed by atoms with Gasteiger partial charge in [-0.25, -0.2) is 4.39 Å². The van der Waals surface area contributed by atoms with E-state index in [2.05, 4.69) is 15.6 Å². The third-order valence-corrected chi connectivity index (χ3v) is 7.87. The van der Waals surface area contributed by atoms with E-state index in [0.29, 0.717) is 19.4 Å². The fourth-order valence-electron chi connectivity index (χ4n) is 5.68. The molecule has 0 aromatic carbocycles. The van der Waals surface area contributed by atoms with E-state index in [1.165, 1.54) is 13.8 Å². The van der Waals surface area contributed by atoms with Gasteiger partial charge >= 0.3 is 0 Å². The van der Waals surface area contributed by atoms with Crippen LogP contribution in [0.2, 0.25) is 0 Å². The van der Waals surface area contributed by atoms with Crippen molar-refractivity contribution in [3.63, 3.8) is 0 Å². The summed E-state index contributed by atoms with van der Waals surface area (Å²) >= 11 is 0. The molecular formula is C25H49FN6O8. The number of nitrogens with one attached hydrogen (secondary N) is 2. The van der Waals surface area contributed by atoms with Crippen LogP contribution in [-0.2, 0) is 18.9 Å². The fourth-order valence-corrected chi connectivity index (χ4v) is 5.68. The van der Waals surface area contributed by atoms with E-state index in [-0.39, 0.29) is 44.5 Å². The molecule has 0 spiro atoms. The first-order valence-corrected chi connectivity index (χ1v) is 13.9. The number of alkyl halides is 1. The number of ether oxygens (including phenoxy) is 4. The van der Waals surface area contributed by atoms with Crippen molar-refractivity contribution < 1.29 is 43.8 Å². The molecule has 2 aliphatic heterocycles. The summed E-state index contributed by atoms with van der Waals surface area (Å²) in [6.07, 6.45) is -4.01. The van der Waals surface area contributed by atoms with E-state index >= 15 is 0 Å². The van der Waals surface area contributed by atoms with Crippen molar-refractivity contribution in [1.82, 2.24) is 10.6 Å². The maximum atomic E-state index is 12.5. The van der Waals surface area contributed by atoms with Gasteiger partial charge in [0.25, 0.3) is 0 Å². The first kappa shape index (κ1) is 33.4. The zero-order valence-electron chi connectivity index (χ0n) is 23.6.